The average molecular weight is 588 g/mol. The Morgan fingerprint density at radius 3 is 1.89 bits per heavy atom. The summed E-state index contributed by atoms with van der Waals surface area (Å²) in [7, 11) is 0. The maximum absolute atomic E-state index is 6.21. The molecule has 0 aliphatic rings. The van der Waals surface area contributed by atoms with E-state index in [4.69, 9.17) is 4.42 Å². The third-order valence-electron chi connectivity index (χ3n) is 9.02. The van der Waals surface area contributed by atoms with Gasteiger partial charge >= 0.3 is 0 Å². The molecule has 0 atom stereocenters. The van der Waals surface area contributed by atoms with Gasteiger partial charge in [-0.3, -0.25) is 0 Å². The fourth-order valence-corrected chi connectivity index (χ4v) is 6.73. The van der Waals surface area contributed by atoms with Crippen LogP contribution in [-0.2, 0) is 0 Å². The Morgan fingerprint density at radius 1 is 0.348 bits per heavy atom. The van der Waals surface area contributed by atoms with Crippen LogP contribution in [0, 0.1) is 0 Å². The van der Waals surface area contributed by atoms with Gasteiger partial charge in [0.05, 0.1) is 5.69 Å². The van der Waals surface area contributed by atoms with E-state index < -0.39 is 0 Å². The van der Waals surface area contributed by atoms with E-state index in [1.54, 1.807) is 0 Å². The van der Waals surface area contributed by atoms with Crippen LogP contribution < -0.4 is 4.90 Å². The highest BCUT2D eigenvalue weighted by Gasteiger charge is 2.18. The summed E-state index contributed by atoms with van der Waals surface area (Å²) in [6.45, 7) is 0. The predicted molar refractivity (Wildman–Crippen MR) is 194 cm³/mol. The first-order chi connectivity index (χ1) is 22.8. The monoisotopic (exact) mass is 587 g/mol. The molecule has 46 heavy (non-hydrogen) atoms. The highest BCUT2D eigenvalue weighted by molar-refractivity contribution is 6.10. The van der Waals surface area contributed by atoms with Gasteiger partial charge in [0.2, 0.25) is 0 Å². The first-order valence-corrected chi connectivity index (χ1v) is 15.7. The van der Waals surface area contributed by atoms with Gasteiger partial charge in [-0.05, 0) is 92.8 Å². The Labute approximate surface area is 267 Å². The molecule has 0 amide bonds. The second kappa shape index (κ2) is 10.8. The summed E-state index contributed by atoms with van der Waals surface area (Å²) < 4.78 is 6.21. The van der Waals surface area contributed by atoms with E-state index in [0.29, 0.717) is 0 Å². The van der Waals surface area contributed by atoms with Crippen molar-refractivity contribution in [3.05, 3.63) is 176 Å². The smallest absolute Gasteiger partial charge is 0.136 e. The quantitative estimate of drug-likeness (QED) is 0.199. The third-order valence-corrected chi connectivity index (χ3v) is 9.02. The lowest BCUT2D eigenvalue weighted by Crippen LogP contribution is -2.11. The molecule has 1 heterocycles. The summed E-state index contributed by atoms with van der Waals surface area (Å²) in [5, 5.41) is 7.07. The van der Waals surface area contributed by atoms with Crippen molar-refractivity contribution < 1.29 is 4.42 Å². The molecule has 216 valence electrons. The van der Waals surface area contributed by atoms with E-state index in [0.717, 1.165) is 44.4 Å². The number of furan rings is 1. The number of anilines is 3. The van der Waals surface area contributed by atoms with Crippen molar-refractivity contribution >= 4 is 60.5 Å². The molecule has 0 fully saturated rings. The topological polar surface area (TPSA) is 16.4 Å². The maximum atomic E-state index is 6.21. The Hall–Kier alpha value is -6.12. The Bertz CT molecular complexity index is 2530. The lowest BCUT2D eigenvalue weighted by atomic mass is 9.98. The van der Waals surface area contributed by atoms with Gasteiger partial charge in [0.1, 0.15) is 11.2 Å². The van der Waals surface area contributed by atoms with Gasteiger partial charge in [0.15, 0.2) is 0 Å². The molecule has 0 unspecified atom stereocenters. The Morgan fingerprint density at radius 2 is 1.00 bits per heavy atom. The standard InChI is InChI=1S/C44H29NO/c1-2-10-30(11-3-1)32-20-23-37(24-21-32)45(42-16-8-6-14-39(42)35-19-18-31-12-4-5-13-33(31)26-35)38-25-22-34-29-44-41(28-36(34)27-38)40-15-7-9-17-43(40)46-44/h1-29H. The van der Waals surface area contributed by atoms with Crippen LogP contribution in [0.2, 0.25) is 0 Å². The van der Waals surface area contributed by atoms with Crippen LogP contribution in [0.1, 0.15) is 0 Å². The van der Waals surface area contributed by atoms with Crippen molar-refractivity contribution in [1.29, 1.82) is 0 Å². The van der Waals surface area contributed by atoms with Gasteiger partial charge in [-0.2, -0.15) is 0 Å². The predicted octanol–water partition coefficient (Wildman–Crippen LogP) is 12.7. The molecule has 0 bridgehead atoms. The summed E-state index contributed by atoms with van der Waals surface area (Å²) >= 11 is 0. The largest absolute Gasteiger partial charge is 0.456 e. The van der Waals surface area contributed by atoms with Crippen LogP contribution >= 0.6 is 0 Å². The fourth-order valence-electron chi connectivity index (χ4n) is 6.73. The van der Waals surface area contributed by atoms with Crippen molar-refractivity contribution in [2.75, 3.05) is 4.90 Å². The Balaban J connectivity index is 1.24. The molecule has 9 aromatic rings. The summed E-state index contributed by atoms with van der Waals surface area (Å²) in [5.41, 5.74) is 9.92. The van der Waals surface area contributed by atoms with E-state index in [-0.39, 0.29) is 0 Å². The van der Waals surface area contributed by atoms with Crippen molar-refractivity contribution in [2.24, 2.45) is 0 Å². The molecule has 0 aliphatic heterocycles. The first-order valence-electron chi connectivity index (χ1n) is 15.7. The van der Waals surface area contributed by atoms with Gasteiger partial charge in [-0.1, -0.05) is 121 Å². The molecule has 8 aromatic carbocycles. The minimum atomic E-state index is 0.913. The van der Waals surface area contributed by atoms with Gasteiger partial charge in [0.25, 0.3) is 0 Å². The molecular weight excluding hydrogens is 558 g/mol. The summed E-state index contributed by atoms with van der Waals surface area (Å²) in [4.78, 5) is 2.39. The molecule has 0 radical (unpaired) electrons. The van der Waals surface area contributed by atoms with E-state index >= 15 is 0 Å². The van der Waals surface area contributed by atoms with Crippen molar-refractivity contribution in [3.63, 3.8) is 0 Å². The zero-order valence-corrected chi connectivity index (χ0v) is 25.1. The first kappa shape index (κ1) is 26.3. The summed E-state index contributed by atoms with van der Waals surface area (Å²) in [5.74, 6) is 0. The lowest BCUT2D eigenvalue weighted by molar-refractivity contribution is 0.669. The Kier molecular flexibility index (Phi) is 6.17. The van der Waals surface area contributed by atoms with E-state index in [1.165, 1.54) is 38.4 Å². The number of rotatable bonds is 5. The lowest BCUT2D eigenvalue weighted by Gasteiger charge is -2.28. The average Bonchev–Trinajstić information content (AvgIpc) is 3.49. The molecule has 1 aromatic heterocycles. The molecule has 9 rings (SSSR count). The minimum absolute atomic E-state index is 0.913. The molecule has 0 saturated carbocycles. The van der Waals surface area contributed by atoms with Crippen molar-refractivity contribution in [3.8, 4) is 22.3 Å². The number of hydrogen-bond acceptors (Lipinski definition) is 2. The number of benzene rings is 8. The minimum Gasteiger partial charge on any atom is -0.456 e. The van der Waals surface area contributed by atoms with Gasteiger partial charge in [-0.25, -0.2) is 0 Å². The second-order valence-corrected chi connectivity index (χ2v) is 11.8. The summed E-state index contributed by atoms with van der Waals surface area (Å²) in [6.07, 6.45) is 0. The van der Waals surface area contributed by atoms with Crippen LogP contribution in [0.5, 0.6) is 0 Å². The number of fused-ring (bicyclic) bond motifs is 5. The normalized spacial score (nSPS) is 11.5. The second-order valence-electron chi connectivity index (χ2n) is 11.8. The fraction of sp³-hybridized carbons (Fsp3) is 0. The van der Waals surface area contributed by atoms with Crippen molar-refractivity contribution in [1.82, 2.24) is 0 Å². The van der Waals surface area contributed by atoms with Crippen LogP contribution in [0.25, 0.3) is 65.7 Å². The van der Waals surface area contributed by atoms with E-state index in [9.17, 15) is 0 Å². The molecule has 0 N–H and O–H groups in total. The zero-order chi connectivity index (χ0) is 30.5. The highest BCUT2D eigenvalue weighted by Crippen LogP contribution is 2.43. The number of hydrogen-bond donors (Lipinski definition) is 0. The van der Waals surface area contributed by atoms with Crippen molar-refractivity contribution in [2.45, 2.75) is 0 Å². The molecule has 2 nitrogen and oxygen atoms in total. The zero-order valence-electron chi connectivity index (χ0n) is 25.1. The van der Waals surface area contributed by atoms with Gasteiger partial charge < -0.3 is 9.32 Å². The molecule has 0 saturated heterocycles. The molecule has 2 heteroatoms. The number of para-hydroxylation sites is 2. The van der Waals surface area contributed by atoms with Crippen LogP contribution in [0.3, 0.4) is 0 Å². The number of nitrogens with zero attached hydrogens (tertiary/aromatic N) is 1. The maximum Gasteiger partial charge on any atom is 0.136 e. The third kappa shape index (κ3) is 4.51. The van der Waals surface area contributed by atoms with E-state index in [1.807, 2.05) is 12.1 Å². The van der Waals surface area contributed by atoms with Gasteiger partial charge in [0, 0.05) is 27.7 Å². The SMILES string of the molecule is c1ccc(-c2ccc(N(c3ccc4cc5oc6ccccc6c5cc4c3)c3ccccc3-c3ccc4ccccc4c3)cc2)cc1. The molecule has 0 spiro atoms. The van der Waals surface area contributed by atoms with Gasteiger partial charge in [-0.15, -0.1) is 0 Å². The summed E-state index contributed by atoms with van der Waals surface area (Å²) in [6, 6.07) is 62.9. The van der Waals surface area contributed by atoms with Crippen LogP contribution in [0.15, 0.2) is 180 Å². The highest BCUT2D eigenvalue weighted by atomic mass is 16.3. The molecular formula is C44H29NO. The van der Waals surface area contributed by atoms with E-state index in [2.05, 4.69) is 169 Å². The van der Waals surface area contributed by atoms with Crippen LogP contribution in [-0.4, -0.2) is 0 Å². The molecule has 0 aliphatic carbocycles. The van der Waals surface area contributed by atoms with Crippen LogP contribution in [0.4, 0.5) is 17.1 Å².